The van der Waals surface area contributed by atoms with E-state index in [2.05, 4.69) is 36.9 Å². The molecule has 0 aromatic heterocycles. The fraction of sp³-hybridized carbons (Fsp3) is 0.625. The quantitative estimate of drug-likeness (QED) is 0.884. The van der Waals surface area contributed by atoms with Gasteiger partial charge < -0.3 is 5.73 Å². The van der Waals surface area contributed by atoms with Gasteiger partial charge in [-0.15, -0.1) is 0 Å². The highest BCUT2D eigenvalue weighted by Crippen LogP contribution is 2.28. The first-order valence-electron chi connectivity index (χ1n) is 7.23. The molecule has 2 heteroatoms. The molecule has 2 nitrogen and oxygen atoms in total. The Hall–Kier alpha value is -0.860. The molecule has 2 rings (SSSR count). The molecule has 1 atom stereocenters. The van der Waals surface area contributed by atoms with Crippen molar-refractivity contribution in [1.29, 1.82) is 0 Å². The summed E-state index contributed by atoms with van der Waals surface area (Å²) in [5.41, 5.74) is 10.0. The van der Waals surface area contributed by atoms with Crippen LogP contribution < -0.4 is 5.73 Å². The van der Waals surface area contributed by atoms with E-state index >= 15 is 0 Å². The van der Waals surface area contributed by atoms with Crippen LogP contribution in [0.2, 0.25) is 0 Å². The van der Waals surface area contributed by atoms with Crippen molar-refractivity contribution in [3.05, 3.63) is 34.9 Å². The lowest BCUT2D eigenvalue weighted by molar-refractivity contribution is 0.157. The molecule has 1 unspecified atom stereocenters. The van der Waals surface area contributed by atoms with E-state index in [4.69, 9.17) is 5.73 Å². The van der Waals surface area contributed by atoms with E-state index in [0.29, 0.717) is 6.04 Å². The highest BCUT2D eigenvalue weighted by Gasteiger charge is 2.21. The average molecular weight is 246 g/mol. The maximum absolute atomic E-state index is 5.81. The summed E-state index contributed by atoms with van der Waals surface area (Å²) in [7, 11) is 0. The number of aryl methyl sites for hydroxylation is 2. The molecule has 0 radical (unpaired) electrons. The summed E-state index contributed by atoms with van der Waals surface area (Å²) in [6.45, 7) is 7.62. The van der Waals surface area contributed by atoms with Gasteiger partial charge in [0.25, 0.3) is 0 Å². The smallest absolute Gasteiger partial charge is 0.0360 e. The maximum atomic E-state index is 5.81. The van der Waals surface area contributed by atoms with Gasteiger partial charge in [-0.2, -0.15) is 0 Å². The second-order valence-corrected chi connectivity index (χ2v) is 5.53. The molecule has 0 saturated carbocycles. The van der Waals surface area contributed by atoms with Crippen LogP contribution in [0.1, 0.15) is 48.4 Å². The number of piperidine rings is 1. The minimum absolute atomic E-state index is 0.523. The molecular formula is C16H26N2. The van der Waals surface area contributed by atoms with Crippen LogP contribution in [0, 0.1) is 13.8 Å². The molecule has 0 amide bonds. The van der Waals surface area contributed by atoms with Gasteiger partial charge in [0.2, 0.25) is 0 Å². The van der Waals surface area contributed by atoms with Crippen LogP contribution in [-0.2, 0) is 0 Å². The van der Waals surface area contributed by atoms with Gasteiger partial charge in [0.05, 0.1) is 0 Å². The molecule has 18 heavy (non-hydrogen) atoms. The molecular weight excluding hydrogens is 220 g/mol. The highest BCUT2D eigenvalue weighted by molar-refractivity contribution is 5.31. The van der Waals surface area contributed by atoms with E-state index in [1.807, 2.05) is 0 Å². The predicted octanol–water partition coefficient (Wildman–Crippen LogP) is 3.18. The van der Waals surface area contributed by atoms with Crippen molar-refractivity contribution < 1.29 is 0 Å². The summed E-state index contributed by atoms with van der Waals surface area (Å²) in [5.74, 6) is 0. The Balaban J connectivity index is 2.19. The molecule has 1 aromatic carbocycles. The molecule has 1 heterocycles. The number of rotatable bonds is 4. The zero-order valence-electron chi connectivity index (χ0n) is 11.8. The van der Waals surface area contributed by atoms with Crippen LogP contribution in [0.3, 0.4) is 0 Å². The van der Waals surface area contributed by atoms with Crippen LogP contribution in [0.15, 0.2) is 18.2 Å². The normalized spacial score (nSPS) is 18.8. The van der Waals surface area contributed by atoms with Crippen LogP contribution in [0.25, 0.3) is 0 Å². The summed E-state index contributed by atoms with van der Waals surface area (Å²) < 4.78 is 0. The van der Waals surface area contributed by atoms with Crippen molar-refractivity contribution in [2.75, 3.05) is 19.6 Å². The van der Waals surface area contributed by atoms with Crippen molar-refractivity contribution in [2.24, 2.45) is 5.73 Å². The third-order valence-electron chi connectivity index (χ3n) is 4.19. The average Bonchev–Trinajstić information content (AvgIpc) is 2.40. The number of likely N-dealkylation sites (tertiary alicyclic amines) is 1. The Morgan fingerprint density at radius 1 is 1.11 bits per heavy atom. The Kier molecular flexibility index (Phi) is 4.79. The topological polar surface area (TPSA) is 29.3 Å². The summed E-state index contributed by atoms with van der Waals surface area (Å²) in [4.78, 5) is 2.63. The molecule has 0 spiro atoms. The Labute approximate surface area is 111 Å². The molecule has 0 aliphatic carbocycles. The van der Waals surface area contributed by atoms with Crippen molar-refractivity contribution in [2.45, 2.75) is 45.6 Å². The van der Waals surface area contributed by atoms with Gasteiger partial charge in [-0.25, -0.2) is 0 Å². The number of hydrogen-bond acceptors (Lipinski definition) is 2. The van der Waals surface area contributed by atoms with Gasteiger partial charge in [0.15, 0.2) is 0 Å². The zero-order valence-corrected chi connectivity index (χ0v) is 11.8. The molecule has 100 valence electrons. The fourth-order valence-corrected chi connectivity index (χ4v) is 2.92. The van der Waals surface area contributed by atoms with Gasteiger partial charge in [-0.3, -0.25) is 4.90 Å². The minimum atomic E-state index is 0.523. The predicted molar refractivity (Wildman–Crippen MR) is 77.8 cm³/mol. The van der Waals surface area contributed by atoms with Gasteiger partial charge in [-0.1, -0.05) is 24.6 Å². The highest BCUT2D eigenvalue weighted by atomic mass is 15.2. The van der Waals surface area contributed by atoms with E-state index in [1.54, 1.807) is 0 Å². The molecule has 1 aliphatic heterocycles. The second-order valence-electron chi connectivity index (χ2n) is 5.53. The van der Waals surface area contributed by atoms with Gasteiger partial charge in [0.1, 0.15) is 0 Å². The molecule has 1 aliphatic rings. The lowest BCUT2D eigenvalue weighted by atomic mass is 9.96. The van der Waals surface area contributed by atoms with Crippen LogP contribution >= 0.6 is 0 Å². The molecule has 1 fully saturated rings. The Bertz CT molecular complexity index is 381. The number of nitrogens with two attached hydrogens (primary N) is 1. The Morgan fingerprint density at radius 3 is 2.44 bits per heavy atom. The van der Waals surface area contributed by atoms with Crippen molar-refractivity contribution >= 4 is 0 Å². The largest absolute Gasteiger partial charge is 0.330 e. The first kappa shape index (κ1) is 13.6. The molecule has 1 aromatic rings. The third kappa shape index (κ3) is 3.12. The van der Waals surface area contributed by atoms with Crippen LogP contribution in [0.4, 0.5) is 0 Å². The molecule has 0 bridgehead atoms. The van der Waals surface area contributed by atoms with E-state index in [1.165, 1.54) is 49.0 Å². The second kappa shape index (κ2) is 6.35. The van der Waals surface area contributed by atoms with Gasteiger partial charge in [-0.05, 0) is 69.4 Å². The fourth-order valence-electron chi connectivity index (χ4n) is 2.92. The van der Waals surface area contributed by atoms with E-state index in [-0.39, 0.29) is 0 Å². The van der Waals surface area contributed by atoms with E-state index < -0.39 is 0 Å². The van der Waals surface area contributed by atoms with Gasteiger partial charge in [0, 0.05) is 6.04 Å². The minimum Gasteiger partial charge on any atom is -0.330 e. The third-order valence-corrected chi connectivity index (χ3v) is 4.19. The number of nitrogens with zero attached hydrogens (tertiary/aromatic N) is 1. The maximum Gasteiger partial charge on any atom is 0.0360 e. The van der Waals surface area contributed by atoms with Crippen molar-refractivity contribution in [3.8, 4) is 0 Å². The van der Waals surface area contributed by atoms with Crippen molar-refractivity contribution in [3.63, 3.8) is 0 Å². The summed E-state index contributed by atoms with van der Waals surface area (Å²) in [5, 5.41) is 0. The van der Waals surface area contributed by atoms with Crippen LogP contribution in [0.5, 0.6) is 0 Å². The monoisotopic (exact) mass is 246 g/mol. The van der Waals surface area contributed by atoms with Crippen LogP contribution in [-0.4, -0.2) is 24.5 Å². The van der Waals surface area contributed by atoms with E-state index in [9.17, 15) is 0 Å². The number of benzene rings is 1. The number of hydrogen-bond donors (Lipinski definition) is 1. The Morgan fingerprint density at radius 2 is 1.83 bits per heavy atom. The lowest BCUT2D eigenvalue weighted by Crippen LogP contribution is -2.34. The molecule has 1 saturated heterocycles. The SMILES string of the molecule is Cc1ccc(C(CCN)N2CCCCC2)cc1C. The lowest BCUT2D eigenvalue weighted by Gasteiger charge is -2.35. The van der Waals surface area contributed by atoms with E-state index in [0.717, 1.165) is 13.0 Å². The zero-order chi connectivity index (χ0) is 13.0. The first-order chi connectivity index (χ1) is 8.72. The summed E-state index contributed by atoms with van der Waals surface area (Å²) in [6, 6.07) is 7.41. The molecule has 2 N–H and O–H groups in total. The van der Waals surface area contributed by atoms with Gasteiger partial charge >= 0.3 is 0 Å². The van der Waals surface area contributed by atoms with Crippen molar-refractivity contribution in [1.82, 2.24) is 4.90 Å². The standard InChI is InChI=1S/C16H26N2/c1-13-6-7-15(12-14(13)2)16(8-9-17)18-10-4-3-5-11-18/h6-7,12,16H,3-5,8-11,17H2,1-2H3. The summed E-state index contributed by atoms with van der Waals surface area (Å²) >= 11 is 0. The first-order valence-corrected chi connectivity index (χ1v) is 7.23. The summed E-state index contributed by atoms with van der Waals surface area (Å²) in [6.07, 6.45) is 5.14.